The van der Waals surface area contributed by atoms with E-state index < -0.39 is 0 Å². The zero-order valence-electron chi connectivity index (χ0n) is 28.5. The molecular formula is C45H36B2N. The monoisotopic (exact) mass is 612 g/mol. The molecule has 1 aromatic heterocycles. The molecule has 3 aliphatic rings. The van der Waals surface area contributed by atoms with Crippen LogP contribution in [0.25, 0.3) is 60.2 Å². The van der Waals surface area contributed by atoms with Gasteiger partial charge in [0.2, 0.25) is 6.71 Å². The zero-order chi connectivity index (χ0) is 32.5. The molecular weight excluding hydrogens is 576 g/mol. The van der Waals surface area contributed by atoms with E-state index in [2.05, 4.69) is 163 Å². The average Bonchev–Trinajstić information content (AvgIpc) is 3.51. The molecule has 11 rings (SSSR count). The predicted octanol–water partition coefficient (Wildman–Crippen LogP) is 7.59. The molecule has 1 aliphatic carbocycles. The van der Waals surface area contributed by atoms with Gasteiger partial charge in [0.15, 0.2) is 7.28 Å². The highest BCUT2D eigenvalue weighted by Crippen LogP contribution is 2.61. The maximum Gasteiger partial charge on any atom is 0.247 e. The van der Waals surface area contributed by atoms with Gasteiger partial charge >= 0.3 is 0 Å². The smallest absolute Gasteiger partial charge is 0.247 e. The molecule has 48 heavy (non-hydrogen) atoms. The van der Waals surface area contributed by atoms with E-state index in [1.807, 2.05) is 0 Å². The SMILES string of the molecule is CC1(C)c2cc(B3c4cccc5c4-n4c6c(ccc7c8ccccc8c8ccc3c4c8c76)[B]5)c(-c3ccccc3)cc2C(C)(C)C1(C)C. The minimum absolute atomic E-state index is 0.0107. The second-order valence-corrected chi connectivity index (χ2v) is 16.3. The van der Waals surface area contributed by atoms with Crippen molar-refractivity contribution in [1.82, 2.24) is 4.57 Å². The van der Waals surface area contributed by atoms with Crippen molar-refractivity contribution in [2.45, 2.75) is 52.4 Å². The van der Waals surface area contributed by atoms with E-state index in [9.17, 15) is 0 Å². The number of nitrogens with zero attached hydrogens (tertiary/aromatic N) is 1. The van der Waals surface area contributed by atoms with Crippen molar-refractivity contribution in [3.63, 3.8) is 0 Å². The second-order valence-electron chi connectivity index (χ2n) is 16.3. The molecule has 8 aromatic rings. The largest absolute Gasteiger partial charge is 0.311 e. The summed E-state index contributed by atoms with van der Waals surface area (Å²) in [5.41, 5.74) is 16.8. The molecule has 1 nitrogen and oxygen atoms in total. The molecule has 3 heteroatoms. The number of hydrogen-bond donors (Lipinski definition) is 0. The van der Waals surface area contributed by atoms with Gasteiger partial charge < -0.3 is 4.57 Å². The molecule has 0 fully saturated rings. The lowest BCUT2D eigenvalue weighted by Gasteiger charge is -2.44. The standard InChI is InChI=1S/C45H36B2N/c1-43(2)31-23-30(25-13-8-7-9-14-25)37(24-32(31)44(3,4)45(43,5)6)47-35-18-12-17-33-40(35)48-41-34(46-33)21-19-28-26-15-10-11-16-27(26)29-20-22-36(47)42(48)39(29)38(28)41/h7-24H,1-6H3. The lowest BCUT2D eigenvalue weighted by atomic mass is 9.34. The third kappa shape index (κ3) is 2.88. The highest BCUT2D eigenvalue weighted by molar-refractivity contribution is 6.99. The van der Waals surface area contributed by atoms with E-state index in [0.29, 0.717) is 0 Å². The van der Waals surface area contributed by atoms with Gasteiger partial charge in [0.05, 0.1) is 0 Å². The molecule has 0 saturated heterocycles. The van der Waals surface area contributed by atoms with Gasteiger partial charge in [0.25, 0.3) is 0 Å². The first kappa shape index (κ1) is 27.2. The van der Waals surface area contributed by atoms with Gasteiger partial charge in [-0.2, -0.15) is 0 Å². The number of fused-ring (bicyclic) bond motifs is 4. The van der Waals surface area contributed by atoms with Gasteiger partial charge in [-0.25, -0.2) is 0 Å². The van der Waals surface area contributed by atoms with Crippen LogP contribution in [0.2, 0.25) is 0 Å². The molecule has 0 spiro atoms. The van der Waals surface area contributed by atoms with Crippen molar-refractivity contribution in [2.24, 2.45) is 5.41 Å². The van der Waals surface area contributed by atoms with Crippen molar-refractivity contribution in [1.29, 1.82) is 0 Å². The number of benzene rings is 7. The molecule has 7 aromatic carbocycles. The number of hydrogen-bond acceptors (Lipinski definition) is 0. The molecule has 2 aliphatic heterocycles. The van der Waals surface area contributed by atoms with Crippen LogP contribution in [-0.2, 0) is 10.8 Å². The fraction of sp³-hybridized carbons (Fsp3) is 0.200. The van der Waals surface area contributed by atoms with Gasteiger partial charge in [-0.05, 0) is 71.0 Å². The van der Waals surface area contributed by atoms with Crippen molar-refractivity contribution in [3.8, 4) is 16.8 Å². The first-order valence-corrected chi connectivity index (χ1v) is 17.6. The molecule has 0 N–H and O–H groups in total. The normalized spacial score (nSPS) is 17.6. The van der Waals surface area contributed by atoms with Gasteiger partial charge in [-0.3, -0.25) is 0 Å². The minimum atomic E-state index is 0.0107. The fourth-order valence-corrected chi connectivity index (χ4v) is 10.4. The molecule has 0 saturated carbocycles. The molecule has 0 bridgehead atoms. The Kier molecular flexibility index (Phi) is 4.79. The molecule has 3 heterocycles. The van der Waals surface area contributed by atoms with Crippen molar-refractivity contribution in [2.75, 3.05) is 0 Å². The quantitative estimate of drug-likeness (QED) is 0.140. The maximum absolute atomic E-state index is 2.65. The number of para-hydroxylation sites is 1. The lowest BCUT2D eigenvalue weighted by Crippen LogP contribution is -2.59. The average molecular weight is 612 g/mol. The topological polar surface area (TPSA) is 4.93 Å². The van der Waals surface area contributed by atoms with E-state index in [4.69, 9.17) is 0 Å². The number of rotatable bonds is 2. The van der Waals surface area contributed by atoms with Gasteiger partial charge in [0, 0.05) is 27.5 Å². The van der Waals surface area contributed by atoms with Crippen LogP contribution in [0.15, 0.2) is 109 Å². The maximum atomic E-state index is 2.65. The Balaban J connectivity index is 1.33. The highest BCUT2D eigenvalue weighted by Gasteiger charge is 2.57. The van der Waals surface area contributed by atoms with E-state index in [1.165, 1.54) is 98.6 Å². The van der Waals surface area contributed by atoms with Crippen molar-refractivity contribution >= 4 is 84.7 Å². The Hall–Kier alpha value is -4.75. The van der Waals surface area contributed by atoms with Crippen molar-refractivity contribution in [3.05, 3.63) is 120 Å². The number of aromatic nitrogens is 1. The molecule has 0 unspecified atom stereocenters. The molecule has 227 valence electrons. The van der Waals surface area contributed by atoms with Crippen LogP contribution in [0.1, 0.15) is 52.7 Å². The molecule has 1 radical (unpaired) electrons. The third-order valence-corrected chi connectivity index (χ3v) is 13.9. The van der Waals surface area contributed by atoms with Crippen LogP contribution >= 0.6 is 0 Å². The zero-order valence-corrected chi connectivity index (χ0v) is 28.5. The Morgan fingerprint density at radius 2 is 1.17 bits per heavy atom. The van der Waals surface area contributed by atoms with Gasteiger partial charge in [-0.1, -0.05) is 167 Å². The van der Waals surface area contributed by atoms with Crippen LogP contribution in [0.4, 0.5) is 0 Å². The van der Waals surface area contributed by atoms with Crippen LogP contribution < -0.4 is 27.3 Å². The summed E-state index contributed by atoms with van der Waals surface area (Å²) in [6, 6.07) is 42.0. The van der Waals surface area contributed by atoms with Crippen LogP contribution in [0.5, 0.6) is 0 Å². The Labute approximate surface area is 283 Å². The van der Waals surface area contributed by atoms with Gasteiger partial charge in [-0.15, -0.1) is 0 Å². The van der Waals surface area contributed by atoms with Crippen LogP contribution in [-0.4, -0.2) is 18.6 Å². The first-order valence-electron chi connectivity index (χ1n) is 17.6. The summed E-state index contributed by atoms with van der Waals surface area (Å²) in [5.74, 6) is 0. The first-order chi connectivity index (χ1) is 23.1. The predicted molar refractivity (Wildman–Crippen MR) is 208 cm³/mol. The second kappa shape index (κ2) is 8.45. The summed E-state index contributed by atoms with van der Waals surface area (Å²) < 4.78 is 2.65. The summed E-state index contributed by atoms with van der Waals surface area (Å²) in [7, 11) is 2.44. The molecule has 0 amide bonds. The van der Waals surface area contributed by atoms with Crippen LogP contribution in [0, 0.1) is 5.41 Å². The minimum Gasteiger partial charge on any atom is -0.311 e. The fourth-order valence-electron chi connectivity index (χ4n) is 10.4. The Morgan fingerprint density at radius 1 is 0.521 bits per heavy atom. The summed E-state index contributed by atoms with van der Waals surface area (Å²) in [4.78, 5) is 0. The van der Waals surface area contributed by atoms with E-state index in [-0.39, 0.29) is 23.0 Å². The summed E-state index contributed by atoms with van der Waals surface area (Å²) >= 11 is 0. The summed E-state index contributed by atoms with van der Waals surface area (Å²) in [6.45, 7) is 14.9. The van der Waals surface area contributed by atoms with Crippen molar-refractivity contribution < 1.29 is 0 Å². The van der Waals surface area contributed by atoms with E-state index >= 15 is 0 Å². The van der Waals surface area contributed by atoms with Gasteiger partial charge in [0.1, 0.15) is 0 Å². The van der Waals surface area contributed by atoms with E-state index in [1.54, 1.807) is 0 Å². The molecule has 0 atom stereocenters. The van der Waals surface area contributed by atoms with Crippen LogP contribution in [0.3, 0.4) is 0 Å². The highest BCUT2D eigenvalue weighted by atomic mass is 15.0. The summed E-state index contributed by atoms with van der Waals surface area (Å²) in [6.07, 6.45) is 0. The van der Waals surface area contributed by atoms with E-state index in [0.717, 1.165) is 0 Å². The Morgan fingerprint density at radius 3 is 1.90 bits per heavy atom. The lowest BCUT2D eigenvalue weighted by molar-refractivity contribution is 0.125. The summed E-state index contributed by atoms with van der Waals surface area (Å²) in [5, 5.41) is 8.24. The Bertz CT molecular complexity index is 2730. The third-order valence-electron chi connectivity index (χ3n) is 13.9.